The van der Waals surface area contributed by atoms with E-state index in [2.05, 4.69) is 5.32 Å². The van der Waals surface area contributed by atoms with Crippen LogP contribution in [0.3, 0.4) is 0 Å². The molecule has 0 bridgehead atoms. The molecule has 0 spiro atoms. The zero-order valence-corrected chi connectivity index (χ0v) is 23.5. The molecule has 0 saturated heterocycles. The van der Waals surface area contributed by atoms with Gasteiger partial charge < -0.3 is 15.0 Å². The van der Waals surface area contributed by atoms with E-state index in [1.807, 2.05) is 51.1 Å². The summed E-state index contributed by atoms with van der Waals surface area (Å²) in [5.41, 5.74) is 1.52. The molecule has 0 radical (unpaired) electrons. The minimum absolute atomic E-state index is 0.00903. The predicted molar refractivity (Wildman–Crippen MR) is 148 cm³/mol. The summed E-state index contributed by atoms with van der Waals surface area (Å²) in [7, 11) is -3.61. The number of hydrogen-bond acceptors (Lipinski definition) is 5. The SMILES string of the molecule is CCOc1ccccc1N(CCCC(=O)N(CCc1ccccc1)[C@@H](C)C(=O)N[C@H](C)CC)S(C)(=O)=O. The van der Waals surface area contributed by atoms with Gasteiger partial charge in [-0.1, -0.05) is 49.4 Å². The number of hydrogen-bond donors (Lipinski definition) is 1. The Morgan fingerprint density at radius 2 is 1.62 bits per heavy atom. The van der Waals surface area contributed by atoms with Crippen LogP contribution in [-0.2, 0) is 26.0 Å². The Labute approximate surface area is 222 Å². The lowest BCUT2D eigenvalue weighted by Crippen LogP contribution is -2.50. The quantitative estimate of drug-likeness (QED) is 0.375. The first-order chi connectivity index (χ1) is 17.6. The molecule has 2 aromatic carbocycles. The highest BCUT2D eigenvalue weighted by Gasteiger charge is 2.27. The molecule has 204 valence electrons. The van der Waals surface area contributed by atoms with Gasteiger partial charge in [0.05, 0.1) is 18.6 Å². The maximum atomic E-state index is 13.4. The molecule has 0 heterocycles. The fourth-order valence-electron chi connectivity index (χ4n) is 3.96. The van der Waals surface area contributed by atoms with E-state index in [1.54, 1.807) is 36.1 Å². The van der Waals surface area contributed by atoms with Gasteiger partial charge in [0.25, 0.3) is 0 Å². The van der Waals surface area contributed by atoms with Crippen LogP contribution >= 0.6 is 0 Å². The molecule has 0 fully saturated rings. The van der Waals surface area contributed by atoms with Crippen molar-refractivity contribution >= 4 is 27.5 Å². The van der Waals surface area contributed by atoms with Crippen LogP contribution < -0.4 is 14.4 Å². The summed E-state index contributed by atoms with van der Waals surface area (Å²) in [4.78, 5) is 27.8. The maximum Gasteiger partial charge on any atom is 0.242 e. The smallest absolute Gasteiger partial charge is 0.242 e. The van der Waals surface area contributed by atoms with E-state index >= 15 is 0 Å². The van der Waals surface area contributed by atoms with E-state index in [9.17, 15) is 18.0 Å². The fraction of sp³-hybridized carbons (Fsp3) is 0.500. The summed E-state index contributed by atoms with van der Waals surface area (Å²) in [5, 5.41) is 2.96. The first kappa shape index (κ1) is 30.2. The summed E-state index contributed by atoms with van der Waals surface area (Å²) < 4.78 is 32.1. The van der Waals surface area contributed by atoms with Gasteiger partial charge in [-0.3, -0.25) is 13.9 Å². The van der Waals surface area contributed by atoms with Crippen LogP contribution in [0.5, 0.6) is 5.75 Å². The van der Waals surface area contributed by atoms with E-state index < -0.39 is 16.1 Å². The molecule has 2 rings (SSSR count). The normalized spacial score (nSPS) is 12.9. The van der Waals surface area contributed by atoms with Gasteiger partial charge in [-0.2, -0.15) is 0 Å². The average Bonchev–Trinajstić information content (AvgIpc) is 2.87. The fourth-order valence-corrected chi connectivity index (χ4v) is 4.93. The van der Waals surface area contributed by atoms with Crippen LogP contribution in [0.2, 0.25) is 0 Å². The van der Waals surface area contributed by atoms with E-state index in [4.69, 9.17) is 4.74 Å². The number of ether oxygens (including phenoxy) is 1. The van der Waals surface area contributed by atoms with Gasteiger partial charge in [-0.05, 0) is 57.7 Å². The van der Waals surface area contributed by atoms with Crippen LogP contribution in [0.1, 0.15) is 52.5 Å². The average molecular weight is 532 g/mol. The van der Waals surface area contributed by atoms with Gasteiger partial charge in [0.2, 0.25) is 21.8 Å². The van der Waals surface area contributed by atoms with Crippen LogP contribution in [-0.4, -0.2) is 63.2 Å². The van der Waals surface area contributed by atoms with E-state index in [0.717, 1.165) is 18.2 Å². The van der Waals surface area contributed by atoms with Gasteiger partial charge in [0, 0.05) is 25.6 Å². The Morgan fingerprint density at radius 1 is 0.973 bits per heavy atom. The van der Waals surface area contributed by atoms with Crippen molar-refractivity contribution in [3.8, 4) is 5.75 Å². The molecule has 1 N–H and O–H groups in total. The molecule has 0 unspecified atom stereocenters. The minimum atomic E-state index is -3.61. The number of carbonyl (C=O) groups excluding carboxylic acids is 2. The number of amides is 2. The third kappa shape index (κ3) is 9.39. The molecule has 2 amide bonds. The second kappa shape index (κ2) is 14.6. The zero-order valence-electron chi connectivity index (χ0n) is 22.6. The van der Waals surface area contributed by atoms with Gasteiger partial charge in [-0.25, -0.2) is 8.42 Å². The second-order valence-corrected chi connectivity index (χ2v) is 11.1. The Morgan fingerprint density at radius 3 is 2.24 bits per heavy atom. The standard InChI is InChI=1S/C28H41N3O5S/c1-6-22(3)29-28(33)23(4)30(21-19-24-14-9-8-10-15-24)27(32)18-13-20-31(37(5,34)35)25-16-11-12-17-26(25)36-7-2/h8-12,14-17,22-23H,6-7,13,18-21H2,1-5H3,(H,29,33)/t22-,23+/m1/s1. The molecule has 0 aliphatic carbocycles. The lowest BCUT2D eigenvalue weighted by atomic mass is 10.1. The molecule has 0 aromatic heterocycles. The minimum Gasteiger partial charge on any atom is -0.492 e. The highest BCUT2D eigenvalue weighted by atomic mass is 32.2. The Balaban J connectivity index is 2.15. The summed E-state index contributed by atoms with van der Waals surface area (Å²) in [6.07, 6.45) is 2.96. The Kier molecular flexibility index (Phi) is 11.9. The van der Waals surface area contributed by atoms with Crippen molar-refractivity contribution in [1.29, 1.82) is 0 Å². The van der Waals surface area contributed by atoms with Gasteiger partial charge in [0.1, 0.15) is 11.8 Å². The van der Waals surface area contributed by atoms with Crippen LogP contribution in [0, 0.1) is 0 Å². The van der Waals surface area contributed by atoms with Crippen molar-refractivity contribution in [3.05, 3.63) is 60.2 Å². The van der Waals surface area contributed by atoms with Gasteiger partial charge in [0.15, 0.2) is 0 Å². The molecule has 0 aliphatic heterocycles. The highest BCUT2D eigenvalue weighted by molar-refractivity contribution is 7.92. The zero-order chi connectivity index (χ0) is 27.4. The summed E-state index contributed by atoms with van der Waals surface area (Å²) in [6, 6.07) is 16.1. The molecule has 8 nitrogen and oxygen atoms in total. The first-order valence-corrected chi connectivity index (χ1v) is 14.8. The van der Waals surface area contributed by atoms with Gasteiger partial charge in [-0.15, -0.1) is 0 Å². The molecule has 9 heteroatoms. The molecule has 2 aromatic rings. The van der Waals surface area contributed by atoms with Crippen molar-refractivity contribution in [3.63, 3.8) is 0 Å². The second-order valence-electron chi connectivity index (χ2n) is 9.16. The summed E-state index contributed by atoms with van der Waals surface area (Å²) in [5.74, 6) is 0.0926. The Hall–Kier alpha value is -3.07. The first-order valence-electron chi connectivity index (χ1n) is 12.9. The number of nitrogens with zero attached hydrogens (tertiary/aromatic N) is 2. The third-order valence-corrected chi connectivity index (χ3v) is 7.42. The third-order valence-electron chi connectivity index (χ3n) is 6.24. The largest absolute Gasteiger partial charge is 0.492 e. The van der Waals surface area contributed by atoms with Crippen molar-refractivity contribution in [1.82, 2.24) is 10.2 Å². The number of benzene rings is 2. The van der Waals surface area contributed by atoms with Crippen LogP contribution in [0.15, 0.2) is 54.6 Å². The molecular weight excluding hydrogens is 490 g/mol. The van der Waals surface area contributed by atoms with Crippen molar-refractivity contribution < 1.29 is 22.7 Å². The lowest BCUT2D eigenvalue weighted by molar-refractivity contribution is -0.140. The van der Waals surface area contributed by atoms with Crippen molar-refractivity contribution in [2.24, 2.45) is 0 Å². The van der Waals surface area contributed by atoms with E-state index in [0.29, 0.717) is 37.4 Å². The predicted octanol–water partition coefficient (Wildman–Crippen LogP) is 4.01. The van der Waals surface area contributed by atoms with Gasteiger partial charge >= 0.3 is 0 Å². The number of para-hydroxylation sites is 2. The monoisotopic (exact) mass is 531 g/mol. The van der Waals surface area contributed by atoms with Crippen molar-refractivity contribution in [2.75, 3.05) is 30.3 Å². The number of anilines is 1. The van der Waals surface area contributed by atoms with E-state index in [-0.39, 0.29) is 30.8 Å². The lowest BCUT2D eigenvalue weighted by Gasteiger charge is -2.30. The number of sulfonamides is 1. The molecule has 0 aliphatic rings. The Bertz CT molecular complexity index is 1110. The molecule has 2 atom stereocenters. The maximum absolute atomic E-state index is 13.4. The van der Waals surface area contributed by atoms with Crippen LogP contribution in [0.25, 0.3) is 0 Å². The topological polar surface area (TPSA) is 96.0 Å². The summed E-state index contributed by atoms with van der Waals surface area (Å²) in [6.45, 7) is 8.41. The van der Waals surface area contributed by atoms with Crippen molar-refractivity contribution in [2.45, 2.75) is 65.5 Å². The van der Waals surface area contributed by atoms with E-state index in [1.165, 1.54) is 4.31 Å². The number of carbonyl (C=O) groups is 2. The number of rotatable bonds is 15. The molecular formula is C28H41N3O5S. The molecule has 37 heavy (non-hydrogen) atoms. The molecule has 0 saturated carbocycles. The van der Waals surface area contributed by atoms with Crippen LogP contribution in [0.4, 0.5) is 5.69 Å². The number of nitrogens with one attached hydrogen (secondary N) is 1. The summed E-state index contributed by atoms with van der Waals surface area (Å²) >= 11 is 0. The highest BCUT2D eigenvalue weighted by Crippen LogP contribution is 2.30.